The molecule has 0 aliphatic carbocycles. The largest absolute Gasteiger partial charge is 0.476 e. The van der Waals surface area contributed by atoms with E-state index in [1.807, 2.05) is 0 Å². The summed E-state index contributed by atoms with van der Waals surface area (Å²) in [6.07, 6.45) is 0.269. The lowest BCUT2D eigenvalue weighted by Crippen LogP contribution is -2.35. The molecular formula is C9H11N3O4. The van der Waals surface area contributed by atoms with Crippen molar-refractivity contribution in [1.82, 2.24) is 9.78 Å². The van der Waals surface area contributed by atoms with E-state index in [-0.39, 0.29) is 12.1 Å². The Labute approximate surface area is 90.5 Å². The van der Waals surface area contributed by atoms with Gasteiger partial charge in [0, 0.05) is 6.07 Å². The van der Waals surface area contributed by atoms with Crippen molar-refractivity contribution in [3.63, 3.8) is 0 Å². The Kier molecular flexibility index (Phi) is 3.39. The van der Waals surface area contributed by atoms with Crippen molar-refractivity contribution in [3.8, 4) is 0 Å². The first kappa shape index (κ1) is 11.9. The number of aromatic carboxylic acids is 1. The number of carboxylic acid groups (broad SMARTS) is 1. The second kappa shape index (κ2) is 4.56. The molecule has 1 amide bonds. The van der Waals surface area contributed by atoms with Crippen LogP contribution >= 0.6 is 0 Å². The Hall–Kier alpha value is -2.18. The van der Waals surface area contributed by atoms with Crippen LogP contribution in [0, 0.1) is 0 Å². The molecule has 0 aliphatic heterocycles. The Balaban J connectivity index is 3.31. The minimum Gasteiger partial charge on any atom is -0.476 e. The number of nitrogens with zero attached hydrogens (tertiary/aromatic N) is 2. The third kappa shape index (κ3) is 2.25. The number of hydrogen-bond acceptors (Lipinski definition) is 4. The lowest BCUT2D eigenvalue weighted by Gasteiger charge is -2.12. The summed E-state index contributed by atoms with van der Waals surface area (Å²) in [5.74, 6) is -1.99. The molecule has 0 bridgehead atoms. The molecule has 1 aromatic rings. The van der Waals surface area contributed by atoms with Gasteiger partial charge < -0.3 is 10.8 Å². The SMILES string of the molecule is CCC(C(N)=O)n1nc(C(=O)O)ccc1=O. The van der Waals surface area contributed by atoms with Gasteiger partial charge in [-0.1, -0.05) is 6.92 Å². The van der Waals surface area contributed by atoms with Gasteiger partial charge in [-0.3, -0.25) is 9.59 Å². The minimum atomic E-state index is -1.27. The molecule has 0 fully saturated rings. The lowest BCUT2D eigenvalue weighted by atomic mass is 10.2. The van der Waals surface area contributed by atoms with Crippen LogP contribution in [0.5, 0.6) is 0 Å². The average molecular weight is 225 g/mol. The van der Waals surface area contributed by atoms with Gasteiger partial charge in [0.15, 0.2) is 5.69 Å². The van der Waals surface area contributed by atoms with Crippen molar-refractivity contribution in [1.29, 1.82) is 0 Å². The van der Waals surface area contributed by atoms with Crippen molar-refractivity contribution in [2.45, 2.75) is 19.4 Å². The molecule has 7 heteroatoms. The van der Waals surface area contributed by atoms with E-state index >= 15 is 0 Å². The molecule has 3 N–H and O–H groups in total. The van der Waals surface area contributed by atoms with Crippen molar-refractivity contribution >= 4 is 11.9 Å². The normalized spacial score (nSPS) is 12.1. The highest BCUT2D eigenvalue weighted by atomic mass is 16.4. The number of aromatic nitrogens is 2. The van der Waals surface area contributed by atoms with E-state index in [1.54, 1.807) is 6.92 Å². The lowest BCUT2D eigenvalue weighted by molar-refractivity contribution is -0.121. The maximum atomic E-state index is 11.4. The highest BCUT2D eigenvalue weighted by molar-refractivity contribution is 5.85. The van der Waals surface area contributed by atoms with Crippen LogP contribution < -0.4 is 11.3 Å². The number of hydrogen-bond donors (Lipinski definition) is 2. The van der Waals surface area contributed by atoms with Crippen LogP contribution in [-0.2, 0) is 4.79 Å². The summed E-state index contributed by atoms with van der Waals surface area (Å²) < 4.78 is 0.797. The van der Waals surface area contributed by atoms with E-state index < -0.39 is 23.5 Å². The summed E-state index contributed by atoms with van der Waals surface area (Å²) in [5.41, 5.74) is 4.22. The molecule has 0 radical (unpaired) electrons. The zero-order valence-electron chi connectivity index (χ0n) is 8.58. The fourth-order valence-electron chi connectivity index (χ4n) is 1.26. The minimum absolute atomic E-state index is 0.269. The first-order valence-corrected chi connectivity index (χ1v) is 4.59. The molecule has 1 aromatic heterocycles. The highest BCUT2D eigenvalue weighted by Crippen LogP contribution is 2.06. The van der Waals surface area contributed by atoms with Gasteiger partial charge in [-0.15, -0.1) is 0 Å². The quantitative estimate of drug-likeness (QED) is 0.708. The number of rotatable bonds is 4. The van der Waals surface area contributed by atoms with Crippen LogP contribution in [0.1, 0.15) is 29.9 Å². The molecule has 7 nitrogen and oxygen atoms in total. The predicted molar refractivity (Wildman–Crippen MR) is 54.0 cm³/mol. The van der Waals surface area contributed by atoms with E-state index in [2.05, 4.69) is 5.10 Å². The Bertz CT molecular complexity index is 480. The fraction of sp³-hybridized carbons (Fsp3) is 0.333. The van der Waals surface area contributed by atoms with Gasteiger partial charge in [0.25, 0.3) is 5.56 Å². The number of carbonyl (C=O) groups excluding carboxylic acids is 1. The van der Waals surface area contributed by atoms with Crippen molar-refractivity contribution < 1.29 is 14.7 Å². The van der Waals surface area contributed by atoms with Gasteiger partial charge in [-0.25, -0.2) is 9.48 Å². The predicted octanol–water partition coefficient (Wildman–Crippen LogP) is -0.622. The zero-order chi connectivity index (χ0) is 12.3. The van der Waals surface area contributed by atoms with Crippen LogP contribution in [-0.4, -0.2) is 26.8 Å². The zero-order valence-corrected chi connectivity index (χ0v) is 8.58. The van der Waals surface area contributed by atoms with E-state index in [4.69, 9.17) is 10.8 Å². The number of primary amides is 1. The maximum absolute atomic E-state index is 11.4. The topological polar surface area (TPSA) is 115 Å². The first-order chi connectivity index (χ1) is 7.47. The second-order valence-electron chi connectivity index (χ2n) is 3.13. The van der Waals surface area contributed by atoms with E-state index in [0.29, 0.717) is 0 Å². The van der Waals surface area contributed by atoms with Gasteiger partial charge in [-0.05, 0) is 12.5 Å². The van der Waals surface area contributed by atoms with Crippen molar-refractivity contribution in [2.75, 3.05) is 0 Å². The van der Waals surface area contributed by atoms with Crippen LogP contribution in [0.2, 0.25) is 0 Å². The van der Waals surface area contributed by atoms with E-state index in [0.717, 1.165) is 16.8 Å². The first-order valence-electron chi connectivity index (χ1n) is 4.59. The van der Waals surface area contributed by atoms with Crippen LogP contribution in [0.4, 0.5) is 0 Å². The van der Waals surface area contributed by atoms with Gasteiger partial charge in [0.05, 0.1) is 0 Å². The number of nitrogens with two attached hydrogens (primary N) is 1. The summed E-state index contributed by atoms with van der Waals surface area (Å²) in [6, 6.07) is 1.20. The molecule has 0 saturated carbocycles. The van der Waals surface area contributed by atoms with Gasteiger partial charge in [-0.2, -0.15) is 5.10 Å². The van der Waals surface area contributed by atoms with E-state index in [1.165, 1.54) is 0 Å². The van der Waals surface area contributed by atoms with Gasteiger partial charge in [0.1, 0.15) is 6.04 Å². The summed E-state index contributed by atoms with van der Waals surface area (Å²) in [5, 5.41) is 12.3. The van der Waals surface area contributed by atoms with Crippen LogP contribution in [0.15, 0.2) is 16.9 Å². The van der Waals surface area contributed by atoms with Crippen molar-refractivity contribution in [2.24, 2.45) is 5.73 Å². The van der Waals surface area contributed by atoms with Crippen LogP contribution in [0.25, 0.3) is 0 Å². The monoisotopic (exact) mass is 225 g/mol. The molecule has 0 aliphatic rings. The van der Waals surface area contributed by atoms with E-state index in [9.17, 15) is 14.4 Å². The number of carboxylic acids is 1. The highest BCUT2D eigenvalue weighted by Gasteiger charge is 2.19. The summed E-state index contributed by atoms with van der Waals surface area (Å²) >= 11 is 0. The Morgan fingerprint density at radius 1 is 1.56 bits per heavy atom. The smallest absolute Gasteiger partial charge is 0.356 e. The molecule has 0 saturated heterocycles. The number of carbonyl (C=O) groups is 2. The van der Waals surface area contributed by atoms with Crippen LogP contribution in [0.3, 0.4) is 0 Å². The summed E-state index contributed by atoms with van der Waals surface area (Å²) in [6.45, 7) is 1.65. The van der Waals surface area contributed by atoms with Gasteiger partial charge >= 0.3 is 5.97 Å². The molecule has 1 heterocycles. The fourth-order valence-corrected chi connectivity index (χ4v) is 1.26. The second-order valence-corrected chi connectivity index (χ2v) is 3.13. The Morgan fingerprint density at radius 2 is 2.19 bits per heavy atom. The molecule has 1 atom stereocenters. The standard InChI is InChI=1S/C9H11N3O4/c1-2-6(8(10)14)12-7(13)4-3-5(11-12)9(15)16/h3-4,6H,2H2,1H3,(H2,10,14)(H,15,16). The molecule has 1 unspecified atom stereocenters. The molecule has 86 valence electrons. The molecule has 1 rings (SSSR count). The van der Waals surface area contributed by atoms with Crippen molar-refractivity contribution in [3.05, 3.63) is 28.2 Å². The molecule has 16 heavy (non-hydrogen) atoms. The molecule has 0 aromatic carbocycles. The summed E-state index contributed by atoms with van der Waals surface area (Å²) in [7, 11) is 0. The maximum Gasteiger partial charge on any atom is 0.356 e. The number of amides is 1. The third-order valence-electron chi connectivity index (χ3n) is 2.05. The molecular weight excluding hydrogens is 214 g/mol. The Morgan fingerprint density at radius 3 is 2.62 bits per heavy atom. The van der Waals surface area contributed by atoms with Gasteiger partial charge in [0.2, 0.25) is 5.91 Å². The third-order valence-corrected chi connectivity index (χ3v) is 2.05. The summed E-state index contributed by atoms with van der Waals surface area (Å²) in [4.78, 5) is 33.1. The molecule has 0 spiro atoms. The average Bonchev–Trinajstić information content (AvgIpc) is 2.20.